The molecule has 0 saturated carbocycles. The second kappa shape index (κ2) is 7.92. The molecule has 2 aromatic rings. The maximum atomic E-state index is 12.3. The summed E-state index contributed by atoms with van der Waals surface area (Å²) < 4.78 is 27.6. The van der Waals surface area contributed by atoms with Crippen molar-refractivity contribution in [3.63, 3.8) is 0 Å². The van der Waals surface area contributed by atoms with Gasteiger partial charge in [-0.3, -0.25) is 19.4 Å². The molecule has 0 aromatic heterocycles. The summed E-state index contributed by atoms with van der Waals surface area (Å²) in [5.74, 6) is 0.394. The molecule has 0 unspecified atom stereocenters. The molecule has 1 atom stereocenters. The SMILES string of the molecule is COc1ccc(C(=O)CO[P@](C)(=O)Oc2ccc([N+](=O)[O-])cc2)cc1. The number of ether oxygens (including phenoxy) is 1. The van der Waals surface area contributed by atoms with E-state index in [2.05, 4.69) is 0 Å². The first-order valence-corrected chi connectivity index (χ1v) is 9.13. The number of methoxy groups -OCH3 is 1. The average Bonchev–Trinajstić information content (AvgIpc) is 2.60. The number of nitrogens with zero attached hydrogens (tertiary/aromatic N) is 1. The summed E-state index contributed by atoms with van der Waals surface area (Å²) in [7, 11) is -2.04. The summed E-state index contributed by atoms with van der Waals surface area (Å²) in [5, 5.41) is 10.6. The van der Waals surface area contributed by atoms with Gasteiger partial charge in [-0.25, -0.2) is 4.57 Å². The fraction of sp³-hybridized carbons (Fsp3) is 0.188. The summed E-state index contributed by atoms with van der Waals surface area (Å²) in [6.07, 6.45) is 0. The number of hydrogen-bond donors (Lipinski definition) is 0. The number of nitro benzene ring substituents is 1. The van der Waals surface area contributed by atoms with Crippen molar-refractivity contribution in [3.8, 4) is 11.5 Å². The first-order valence-electron chi connectivity index (χ1n) is 7.14. The Kier molecular flexibility index (Phi) is 5.90. The fourth-order valence-electron chi connectivity index (χ4n) is 1.88. The van der Waals surface area contributed by atoms with Gasteiger partial charge < -0.3 is 9.26 Å². The molecule has 25 heavy (non-hydrogen) atoms. The van der Waals surface area contributed by atoms with Gasteiger partial charge in [0.25, 0.3) is 5.69 Å². The molecule has 0 radical (unpaired) electrons. The van der Waals surface area contributed by atoms with Crippen molar-refractivity contribution in [2.45, 2.75) is 0 Å². The topological polar surface area (TPSA) is 105 Å². The molecule has 8 nitrogen and oxygen atoms in total. The standard InChI is InChI=1S/C16H16NO7P/c1-22-14-7-3-12(4-8-14)16(18)11-23-25(2,21)24-15-9-5-13(6-10-15)17(19)20/h3-10H,11H2,1-2H3/t25-/m0/s1. The molecule has 0 spiro atoms. The maximum Gasteiger partial charge on any atom is 0.376 e. The Hall–Kier alpha value is -2.70. The molecule has 2 aromatic carbocycles. The number of carbonyl (C=O) groups excluding carboxylic acids is 1. The molecule has 0 aliphatic rings. The first kappa shape index (κ1) is 18.6. The number of benzene rings is 2. The van der Waals surface area contributed by atoms with Crippen LogP contribution in [0.25, 0.3) is 0 Å². The van der Waals surface area contributed by atoms with Gasteiger partial charge in [0.15, 0.2) is 5.78 Å². The van der Waals surface area contributed by atoms with Crippen LogP contribution in [0, 0.1) is 10.1 Å². The summed E-state index contributed by atoms with van der Waals surface area (Å²) >= 11 is 0. The summed E-state index contributed by atoms with van der Waals surface area (Å²) in [4.78, 5) is 22.1. The Morgan fingerprint density at radius 3 is 2.16 bits per heavy atom. The van der Waals surface area contributed by atoms with Crippen molar-refractivity contribution in [2.24, 2.45) is 0 Å². The Labute approximate surface area is 144 Å². The predicted octanol–water partition coefficient (Wildman–Crippen LogP) is 3.70. The van der Waals surface area contributed by atoms with Crippen LogP contribution in [-0.4, -0.2) is 31.1 Å². The van der Waals surface area contributed by atoms with E-state index in [9.17, 15) is 19.5 Å². The van der Waals surface area contributed by atoms with Crippen molar-refractivity contribution in [2.75, 3.05) is 20.4 Å². The van der Waals surface area contributed by atoms with Gasteiger partial charge in [-0.15, -0.1) is 0 Å². The van der Waals surface area contributed by atoms with Crippen LogP contribution in [-0.2, 0) is 9.09 Å². The van der Waals surface area contributed by atoms with Gasteiger partial charge in [0.2, 0.25) is 0 Å². The van der Waals surface area contributed by atoms with E-state index in [1.807, 2.05) is 0 Å². The molecule has 9 heteroatoms. The van der Waals surface area contributed by atoms with Crippen LogP contribution < -0.4 is 9.26 Å². The molecule has 0 saturated heterocycles. The van der Waals surface area contributed by atoms with Crippen LogP contribution in [0.3, 0.4) is 0 Å². The molecule has 0 amide bonds. The van der Waals surface area contributed by atoms with E-state index in [0.29, 0.717) is 11.3 Å². The summed E-state index contributed by atoms with van der Waals surface area (Å²) in [6.45, 7) is 0.794. The molecule has 0 N–H and O–H groups in total. The Balaban J connectivity index is 1.94. The minimum absolute atomic E-state index is 0.117. The molecule has 0 fully saturated rings. The Morgan fingerprint density at radius 2 is 1.64 bits per heavy atom. The first-order chi connectivity index (χ1) is 11.8. The van der Waals surface area contributed by atoms with Crippen molar-refractivity contribution < 1.29 is 28.1 Å². The zero-order chi connectivity index (χ0) is 18.4. The van der Waals surface area contributed by atoms with Crippen LogP contribution in [0.5, 0.6) is 11.5 Å². The zero-order valence-electron chi connectivity index (χ0n) is 13.6. The third-order valence-corrected chi connectivity index (χ3v) is 4.30. The van der Waals surface area contributed by atoms with Gasteiger partial charge in [0.1, 0.15) is 18.1 Å². The van der Waals surface area contributed by atoms with Crippen LogP contribution >= 0.6 is 7.60 Å². The number of non-ortho nitro benzene ring substituents is 1. The highest BCUT2D eigenvalue weighted by atomic mass is 31.2. The normalized spacial score (nSPS) is 12.9. The zero-order valence-corrected chi connectivity index (χ0v) is 14.5. The van der Waals surface area contributed by atoms with Crippen LogP contribution in [0.4, 0.5) is 5.69 Å². The lowest BCUT2D eigenvalue weighted by atomic mass is 10.1. The number of Topliss-reactive ketones (excluding diaryl/α,β-unsaturated/α-hetero) is 1. The third-order valence-electron chi connectivity index (χ3n) is 3.16. The van der Waals surface area contributed by atoms with Gasteiger partial charge in [0.05, 0.1) is 12.0 Å². The number of nitro groups is 1. The quantitative estimate of drug-likeness (QED) is 0.304. The lowest BCUT2D eigenvalue weighted by Crippen LogP contribution is -2.09. The largest absolute Gasteiger partial charge is 0.497 e. The lowest BCUT2D eigenvalue weighted by Gasteiger charge is -2.14. The highest BCUT2D eigenvalue weighted by molar-refractivity contribution is 7.53. The minimum Gasteiger partial charge on any atom is -0.497 e. The highest BCUT2D eigenvalue weighted by Crippen LogP contribution is 2.44. The smallest absolute Gasteiger partial charge is 0.376 e. The van der Waals surface area contributed by atoms with Crippen molar-refractivity contribution in [1.29, 1.82) is 0 Å². The Bertz CT molecular complexity index is 802. The number of ketones is 1. The van der Waals surface area contributed by atoms with Crippen molar-refractivity contribution >= 4 is 19.1 Å². The number of hydrogen-bond acceptors (Lipinski definition) is 7. The van der Waals surface area contributed by atoms with E-state index in [1.165, 1.54) is 38.0 Å². The highest BCUT2D eigenvalue weighted by Gasteiger charge is 2.21. The Morgan fingerprint density at radius 1 is 1.08 bits per heavy atom. The molecular formula is C16H16NO7P. The van der Waals surface area contributed by atoms with E-state index < -0.39 is 19.1 Å². The molecule has 0 bridgehead atoms. The van der Waals surface area contributed by atoms with Gasteiger partial charge in [-0.05, 0) is 36.4 Å². The van der Waals surface area contributed by atoms with Crippen LogP contribution in [0.1, 0.15) is 10.4 Å². The molecule has 132 valence electrons. The van der Waals surface area contributed by atoms with E-state index in [-0.39, 0.29) is 17.2 Å². The average molecular weight is 365 g/mol. The summed E-state index contributed by atoms with van der Waals surface area (Å²) in [5.41, 5.74) is 0.269. The van der Waals surface area contributed by atoms with Gasteiger partial charge >= 0.3 is 7.60 Å². The maximum absolute atomic E-state index is 12.3. The van der Waals surface area contributed by atoms with Gasteiger partial charge in [0, 0.05) is 24.4 Å². The second-order valence-electron chi connectivity index (χ2n) is 5.04. The van der Waals surface area contributed by atoms with E-state index >= 15 is 0 Å². The van der Waals surface area contributed by atoms with E-state index in [1.54, 1.807) is 24.3 Å². The van der Waals surface area contributed by atoms with Gasteiger partial charge in [-0.2, -0.15) is 0 Å². The lowest BCUT2D eigenvalue weighted by molar-refractivity contribution is -0.384. The molecule has 0 heterocycles. The fourth-order valence-corrected chi connectivity index (χ4v) is 2.79. The molecular weight excluding hydrogens is 349 g/mol. The van der Waals surface area contributed by atoms with Gasteiger partial charge in [-0.1, -0.05) is 0 Å². The molecule has 0 aliphatic heterocycles. The predicted molar refractivity (Wildman–Crippen MR) is 90.5 cm³/mol. The number of rotatable bonds is 8. The molecule has 0 aliphatic carbocycles. The van der Waals surface area contributed by atoms with Crippen LogP contribution in [0.15, 0.2) is 48.5 Å². The van der Waals surface area contributed by atoms with E-state index in [0.717, 1.165) is 0 Å². The van der Waals surface area contributed by atoms with Crippen molar-refractivity contribution in [1.82, 2.24) is 0 Å². The van der Waals surface area contributed by atoms with Crippen LogP contribution in [0.2, 0.25) is 0 Å². The van der Waals surface area contributed by atoms with Crippen molar-refractivity contribution in [3.05, 3.63) is 64.2 Å². The second-order valence-corrected chi connectivity index (χ2v) is 7.02. The number of carbonyl (C=O) groups is 1. The third kappa shape index (κ3) is 5.41. The molecule has 2 rings (SSSR count). The summed E-state index contributed by atoms with van der Waals surface area (Å²) in [6, 6.07) is 11.5. The monoisotopic (exact) mass is 365 g/mol. The minimum atomic E-state index is -3.56. The van der Waals surface area contributed by atoms with E-state index in [4.69, 9.17) is 13.8 Å².